The van der Waals surface area contributed by atoms with Gasteiger partial charge in [-0.05, 0) is 84.2 Å². The molecule has 0 aliphatic rings. The summed E-state index contributed by atoms with van der Waals surface area (Å²) >= 11 is 0. The van der Waals surface area contributed by atoms with Crippen LogP contribution in [0.2, 0.25) is 0 Å². The van der Waals surface area contributed by atoms with E-state index < -0.39 is 0 Å². The highest BCUT2D eigenvalue weighted by Crippen LogP contribution is 2.44. The minimum atomic E-state index is -0.276. The monoisotopic (exact) mass is 680 g/mol. The Morgan fingerprint density at radius 1 is 0.396 bits per heavy atom. The summed E-state index contributed by atoms with van der Waals surface area (Å²) in [5.41, 5.74) is 10.3. The van der Waals surface area contributed by atoms with Gasteiger partial charge in [-0.1, -0.05) is 97.1 Å². The van der Waals surface area contributed by atoms with Crippen molar-refractivity contribution in [2.45, 2.75) is 0 Å². The van der Waals surface area contributed by atoms with Gasteiger partial charge in [0.1, 0.15) is 5.82 Å². The molecule has 0 fully saturated rings. The van der Waals surface area contributed by atoms with Gasteiger partial charge in [0.05, 0.1) is 39.0 Å². The van der Waals surface area contributed by atoms with Gasteiger partial charge < -0.3 is 9.13 Å². The molecule has 248 valence electrons. The molecule has 0 spiro atoms. The van der Waals surface area contributed by atoms with Crippen LogP contribution in [-0.2, 0) is 0 Å². The molecule has 8 aromatic carbocycles. The number of nitrogens with zero attached hydrogens (tertiary/aromatic N) is 4. The molecular weight excluding hydrogens is 652 g/mol. The van der Waals surface area contributed by atoms with E-state index in [0.717, 1.165) is 60.9 Å². The summed E-state index contributed by atoms with van der Waals surface area (Å²) in [7, 11) is 0. The molecule has 11 rings (SSSR count). The summed E-state index contributed by atoms with van der Waals surface area (Å²) in [6, 6.07) is 60.0. The first-order chi connectivity index (χ1) is 26.2. The number of para-hydroxylation sites is 4. The standard InChI is InChI=1S/C48H29FN4/c49-31-24-22-30(23-25-31)47-36-16-6-9-19-39(36)50-48(51-47)35-26-27-42(34-15-5-4-14-33(34)35)53-41-21-11-8-18-38(41)46-44(53)29-28-43-45(46)37-17-7-10-20-40(37)52(43)32-12-2-1-3-13-32/h1-29H. The molecule has 3 aromatic heterocycles. The Labute approximate surface area is 303 Å². The largest absolute Gasteiger partial charge is 0.309 e. The maximum absolute atomic E-state index is 14.0. The minimum absolute atomic E-state index is 0.276. The van der Waals surface area contributed by atoms with E-state index in [1.54, 1.807) is 12.1 Å². The first-order valence-corrected chi connectivity index (χ1v) is 17.8. The number of benzene rings is 8. The Hall–Kier alpha value is -7.11. The SMILES string of the molecule is Fc1ccc(-c2nc(-c3ccc(-n4c5ccccc5c5c6c7ccccc7n(-c7ccccc7)c6ccc54)c4ccccc34)nc3ccccc23)cc1. The molecule has 0 bridgehead atoms. The summed E-state index contributed by atoms with van der Waals surface area (Å²) in [5, 5.41) is 7.99. The number of hydrogen-bond donors (Lipinski definition) is 0. The van der Waals surface area contributed by atoms with Gasteiger partial charge in [0.15, 0.2) is 5.82 Å². The minimum Gasteiger partial charge on any atom is -0.309 e. The van der Waals surface area contributed by atoms with Crippen molar-refractivity contribution in [1.82, 2.24) is 19.1 Å². The van der Waals surface area contributed by atoms with Gasteiger partial charge in [-0.3, -0.25) is 0 Å². The van der Waals surface area contributed by atoms with E-state index in [1.165, 1.54) is 44.7 Å². The summed E-state index contributed by atoms with van der Waals surface area (Å²) in [6.45, 7) is 0. The number of fused-ring (bicyclic) bond motifs is 9. The lowest BCUT2D eigenvalue weighted by Crippen LogP contribution is -1.99. The number of halogens is 1. The van der Waals surface area contributed by atoms with Crippen LogP contribution in [0.25, 0.3) is 99.3 Å². The van der Waals surface area contributed by atoms with Gasteiger partial charge in [0, 0.05) is 49.1 Å². The predicted octanol–water partition coefficient (Wildman–Crippen LogP) is 12.5. The fraction of sp³-hybridized carbons (Fsp3) is 0. The average molecular weight is 681 g/mol. The van der Waals surface area contributed by atoms with Crippen molar-refractivity contribution in [2.75, 3.05) is 0 Å². The molecule has 3 heterocycles. The second-order valence-corrected chi connectivity index (χ2v) is 13.5. The Bertz CT molecular complexity index is 3230. The van der Waals surface area contributed by atoms with Crippen LogP contribution in [0.4, 0.5) is 4.39 Å². The van der Waals surface area contributed by atoms with Gasteiger partial charge in [-0.25, -0.2) is 14.4 Å². The van der Waals surface area contributed by atoms with Crippen molar-refractivity contribution in [3.05, 3.63) is 182 Å². The first-order valence-electron chi connectivity index (χ1n) is 17.8. The van der Waals surface area contributed by atoms with Gasteiger partial charge in [-0.15, -0.1) is 0 Å². The lowest BCUT2D eigenvalue weighted by atomic mass is 10.0. The molecule has 0 aliphatic carbocycles. The van der Waals surface area contributed by atoms with Crippen LogP contribution in [0.1, 0.15) is 0 Å². The Morgan fingerprint density at radius 3 is 1.68 bits per heavy atom. The van der Waals surface area contributed by atoms with Crippen molar-refractivity contribution in [3.63, 3.8) is 0 Å². The van der Waals surface area contributed by atoms with Crippen LogP contribution in [0.3, 0.4) is 0 Å². The quantitative estimate of drug-likeness (QED) is 0.185. The van der Waals surface area contributed by atoms with E-state index in [2.05, 4.69) is 137 Å². The third kappa shape index (κ3) is 4.41. The zero-order valence-corrected chi connectivity index (χ0v) is 28.4. The predicted molar refractivity (Wildman–Crippen MR) is 217 cm³/mol. The number of rotatable bonds is 4. The first kappa shape index (κ1) is 29.6. The van der Waals surface area contributed by atoms with Crippen molar-refractivity contribution < 1.29 is 4.39 Å². The fourth-order valence-corrected chi connectivity index (χ4v) is 8.33. The maximum Gasteiger partial charge on any atom is 0.161 e. The van der Waals surface area contributed by atoms with E-state index in [9.17, 15) is 4.39 Å². The van der Waals surface area contributed by atoms with E-state index >= 15 is 0 Å². The van der Waals surface area contributed by atoms with Gasteiger partial charge in [0.25, 0.3) is 0 Å². The van der Waals surface area contributed by atoms with Crippen LogP contribution in [0.15, 0.2) is 176 Å². The molecule has 0 atom stereocenters. The van der Waals surface area contributed by atoms with Gasteiger partial charge in [-0.2, -0.15) is 0 Å². The zero-order chi connectivity index (χ0) is 35.0. The highest BCUT2D eigenvalue weighted by atomic mass is 19.1. The topological polar surface area (TPSA) is 35.6 Å². The number of aromatic nitrogens is 4. The molecule has 11 aromatic rings. The van der Waals surface area contributed by atoms with E-state index in [4.69, 9.17) is 9.97 Å². The second kappa shape index (κ2) is 11.5. The van der Waals surface area contributed by atoms with Crippen molar-refractivity contribution >= 4 is 65.3 Å². The van der Waals surface area contributed by atoms with Crippen molar-refractivity contribution in [2.24, 2.45) is 0 Å². The van der Waals surface area contributed by atoms with Crippen LogP contribution in [-0.4, -0.2) is 19.1 Å². The van der Waals surface area contributed by atoms with Crippen LogP contribution in [0, 0.1) is 5.82 Å². The van der Waals surface area contributed by atoms with Gasteiger partial charge in [0.2, 0.25) is 0 Å². The van der Waals surface area contributed by atoms with Crippen molar-refractivity contribution in [1.29, 1.82) is 0 Å². The molecule has 0 unspecified atom stereocenters. The molecule has 0 aliphatic heterocycles. The molecule has 0 radical (unpaired) electrons. The molecule has 5 heteroatoms. The highest BCUT2D eigenvalue weighted by Gasteiger charge is 2.22. The van der Waals surface area contributed by atoms with Crippen LogP contribution < -0.4 is 0 Å². The second-order valence-electron chi connectivity index (χ2n) is 13.5. The normalized spacial score (nSPS) is 11.9. The average Bonchev–Trinajstić information content (AvgIpc) is 3.73. The Morgan fingerprint density at radius 2 is 0.962 bits per heavy atom. The zero-order valence-electron chi connectivity index (χ0n) is 28.4. The number of hydrogen-bond acceptors (Lipinski definition) is 2. The third-order valence-electron chi connectivity index (χ3n) is 10.6. The summed E-state index contributed by atoms with van der Waals surface area (Å²) in [4.78, 5) is 10.2. The third-order valence-corrected chi connectivity index (χ3v) is 10.6. The van der Waals surface area contributed by atoms with Crippen molar-refractivity contribution in [3.8, 4) is 34.0 Å². The highest BCUT2D eigenvalue weighted by molar-refractivity contribution is 6.29. The molecular formula is C48H29FN4. The summed E-state index contributed by atoms with van der Waals surface area (Å²) in [5.74, 6) is 0.352. The maximum atomic E-state index is 14.0. The molecule has 0 saturated heterocycles. The molecule has 0 saturated carbocycles. The van der Waals surface area contributed by atoms with E-state index in [-0.39, 0.29) is 5.82 Å². The molecule has 0 amide bonds. The van der Waals surface area contributed by atoms with E-state index in [1.807, 2.05) is 24.3 Å². The smallest absolute Gasteiger partial charge is 0.161 e. The Balaban J connectivity index is 1.19. The molecule has 0 N–H and O–H groups in total. The fourth-order valence-electron chi connectivity index (χ4n) is 8.33. The van der Waals surface area contributed by atoms with Crippen LogP contribution >= 0.6 is 0 Å². The van der Waals surface area contributed by atoms with Crippen LogP contribution in [0.5, 0.6) is 0 Å². The molecule has 53 heavy (non-hydrogen) atoms. The summed E-state index contributed by atoms with van der Waals surface area (Å²) < 4.78 is 18.8. The Kier molecular flexibility index (Phi) is 6.40. The lowest BCUT2D eigenvalue weighted by molar-refractivity contribution is 0.628. The van der Waals surface area contributed by atoms with Gasteiger partial charge >= 0.3 is 0 Å². The molecule has 4 nitrogen and oxygen atoms in total. The van der Waals surface area contributed by atoms with E-state index in [0.29, 0.717) is 5.82 Å². The lowest BCUT2D eigenvalue weighted by Gasteiger charge is -2.15. The summed E-state index contributed by atoms with van der Waals surface area (Å²) in [6.07, 6.45) is 0.